The fourth-order valence-electron chi connectivity index (χ4n) is 9.21. The largest absolute Gasteiger partial charge is 0.494 e. The molecule has 10 heteroatoms. The van der Waals surface area contributed by atoms with Crippen LogP contribution in [0.4, 0.5) is 5.69 Å². The molecule has 264 valence electrons. The molecule has 51 heavy (non-hydrogen) atoms. The normalized spacial score (nSPS) is 22.3. The summed E-state index contributed by atoms with van der Waals surface area (Å²) in [7, 11) is 3.72. The lowest BCUT2D eigenvalue weighted by Gasteiger charge is -2.32. The van der Waals surface area contributed by atoms with E-state index in [4.69, 9.17) is 15.5 Å². The highest BCUT2D eigenvalue weighted by molar-refractivity contribution is 6.01. The monoisotopic (exact) mass is 685 g/mol. The molecule has 0 radical (unpaired) electrons. The standard InChI is InChI=1S/C41H47N7O3/c1-45-39-32(19-29(21-35(39)51-2)41(50)48-23-28-13-14-33(48)37(28)42)44-40(45)34-20-27-7-6-10-31(38(27)47(34)22-25-11-12-25)26-15-17-46(18-16-26)24-36(49)43-30-8-4-3-5-9-30/h3-10,19-21,25-26,28,33,37H,11-18,22-24,42H2,1-2H3,(H,43,49)/t28-,33-,37-/m1/s1. The molecular formula is C41H47N7O3. The van der Waals surface area contributed by atoms with E-state index in [1.807, 2.05) is 47.4 Å². The number of aryl methyl sites for hydroxylation is 1. The van der Waals surface area contributed by atoms with Gasteiger partial charge < -0.3 is 29.8 Å². The summed E-state index contributed by atoms with van der Waals surface area (Å²) >= 11 is 0. The van der Waals surface area contributed by atoms with Crippen LogP contribution >= 0.6 is 0 Å². The molecule has 2 aromatic heterocycles. The third-order valence-corrected chi connectivity index (χ3v) is 12.1. The van der Waals surface area contributed by atoms with Crippen molar-refractivity contribution in [2.45, 2.75) is 63.1 Å². The second-order valence-electron chi connectivity index (χ2n) is 15.3. The summed E-state index contributed by atoms with van der Waals surface area (Å²) in [6.45, 7) is 3.86. The van der Waals surface area contributed by atoms with Crippen molar-refractivity contribution in [3.05, 3.63) is 77.9 Å². The topological polar surface area (TPSA) is 111 Å². The highest BCUT2D eigenvalue weighted by atomic mass is 16.5. The first-order chi connectivity index (χ1) is 24.9. The Hall–Kier alpha value is -4.67. The van der Waals surface area contributed by atoms with E-state index in [2.05, 4.69) is 50.7 Å². The predicted octanol–water partition coefficient (Wildman–Crippen LogP) is 5.99. The number of carbonyl (C=O) groups is 2. The molecule has 2 aliphatic carbocycles. The molecule has 5 aromatic rings. The third kappa shape index (κ3) is 5.78. The van der Waals surface area contributed by atoms with Crippen molar-refractivity contribution in [3.8, 4) is 17.3 Å². The van der Waals surface area contributed by atoms with E-state index in [9.17, 15) is 9.59 Å². The summed E-state index contributed by atoms with van der Waals surface area (Å²) in [5.41, 5.74) is 13.3. The SMILES string of the molecule is COc1cc(C(=O)N2C[C@H]3CC[C@@H]2[C@@H]3N)cc2nc(-c3cc4cccc(C5CCN(CC(=O)Nc6ccccc6)CC5)c4n3CC3CC3)n(C)c12. The molecule has 4 heterocycles. The number of hydrogen-bond acceptors (Lipinski definition) is 6. The van der Waals surface area contributed by atoms with Gasteiger partial charge in [-0.2, -0.15) is 0 Å². The molecule has 2 bridgehead atoms. The van der Waals surface area contributed by atoms with Crippen molar-refractivity contribution in [2.24, 2.45) is 24.6 Å². The van der Waals surface area contributed by atoms with E-state index in [0.29, 0.717) is 35.6 Å². The lowest BCUT2D eigenvalue weighted by atomic mass is 9.88. The average molecular weight is 686 g/mol. The van der Waals surface area contributed by atoms with Crippen LogP contribution in [-0.4, -0.2) is 81.1 Å². The van der Waals surface area contributed by atoms with E-state index in [0.717, 1.165) is 80.1 Å². The van der Waals surface area contributed by atoms with Crippen LogP contribution < -0.4 is 15.8 Å². The average Bonchev–Trinajstić information content (AvgIpc) is 3.53. The summed E-state index contributed by atoms with van der Waals surface area (Å²) in [6, 6.07) is 22.7. The Morgan fingerprint density at radius 2 is 1.75 bits per heavy atom. The summed E-state index contributed by atoms with van der Waals surface area (Å²) in [5, 5.41) is 4.26. The van der Waals surface area contributed by atoms with E-state index < -0.39 is 0 Å². The number of methoxy groups -OCH3 is 1. The Labute approximate surface area is 298 Å². The molecule has 9 rings (SSSR count). The Morgan fingerprint density at radius 3 is 2.45 bits per heavy atom. The molecule has 0 spiro atoms. The smallest absolute Gasteiger partial charge is 0.254 e. The molecule has 3 N–H and O–H groups in total. The fraction of sp³-hybridized carbons (Fsp3) is 0.439. The van der Waals surface area contributed by atoms with Gasteiger partial charge in [-0.3, -0.25) is 14.5 Å². The number of nitrogens with one attached hydrogen (secondary N) is 1. The maximum Gasteiger partial charge on any atom is 0.254 e. The molecule has 2 amide bonds. The fourth-order valence-corrected chi connectivity index (χ4v) is 9.21. The van der Waals surface area contributed by atoms with Crippen LogP contribution in [0.3, 0.4) is 0 Å². The van der Waals surface area contributed by atoms with E-state index in [1.165, 1.54) is 29.3 Å². The van der Waals surface area contributed by atoms with Crippen LogP contribution in [0.2, 0.25) is 0 Å². The number of hydrogen-bond donors (Lipinski definition) is 2. The first-order valence-electron chi connectivity index (χ1n) is 18.7. The molecule has 4 aliphatic rings. The quantitative estimate of drug-likeness (QED) is 0.197. The number of likely N-dealkylation sites (tertiary alicyclic amines) is 2. The second kappa shape index (κ2) is 12.8. The Balaban J connectivity index is 1.02. The number of ether oxygens (including phenoxy) is 1. The van der Waals surface area contributed by atoms with Gasteiger partial charge in [0.1, 0.15) is 11.3 Å². The first-order valence-corrected chi connectivity index (χ1v) is 18.7. The predicted molar refractivity (Wildman–Crippen MR) is 200 cm³/mol. The van der Waals surface area contributed by atoms with Crippen LogP contribution in [0, 0.1) is 11.8 Å². The molecule has 10 nitrogen and oxygen atoms in total. The number of benzene rings is 3. The maximum atomic E-state index is 13.8. The van der Waals surface area contributed by atoms with Crippen molar-refractivity contribution in [1.82, 2.24) is 23.9 Å². The minimum absolute atomic E-state index is 0.0143. The number of imidazole rings is 1. The molecule has 2 aliphatic heterocycles. The van der Waals surface area contributed by atoms with Crippen LogP contribution in [-0.2, 0) is 18.4 Å². The second-order valence-corrected chi connectivity index (χ2v) is 15.3. The minimum atomic E-state index is 0.0143. The van der Waals surface area contributed by atoms with Crippen molar-refractivity contribution < 1.29 is 14.3 Å². The minimum Gasteiger partial charge on any atom is -0.494 e. The van der Waals surface area contributed by atoms with Crippen LogP contribution in [0.1, 0.15) is 60.4 Å². The molecular weight excluding hydrogens is 638 g/mol. The van der Waals surface area contributed by atoms with Crippen molar-refractivity contribution in [1.29, 1.82) is 0 Å². The van der Waals surface area contributed by atoms with Gasteiger partial charge in [-0.1, -0.05) is 36.4 Å². The van der Waals surface area contributed by atoms with Gasteiger partial charge in [-0.05, 0) is 105 Å². The lowest BCUT2D eigenvalue weighted by Crippen LogP contribution is -2.41. The van der Waals surface area contributed by atoms with Crippen molar-refractivity contribution >= 4 is 39.4 Å². The van der Waals surface area contributed by atoms with Crippen molar-refractivity contribution in [2.75, 3.05) is 38.6 Å². The van der Waals surface area contributed by atoms with Gasteiger partial charge in [0, 0.05) is 48.9 Å². The molecule has 4 fully saturated rings. The van der Waals surface area contributed by atoms with E-state index in [-0.39, 0.29) is 23.9 Å². The summed E-state index contributed by atoms with van der Waals surface area (Å²) in [5.74, 6) is 3.04. The van der Waals surface area contributed by atoms with E-state index in [1.54, 1.807) is 7.11 Å². The van der Waals surface area contributed by atoms with E-state index >= 15 is 0 Å². The van der Waals surface area contributed by atoms with Gasteiger partial charge in [0.2, 0.25) is 5.91 Å². The third-order valence-electron chi connectivity index (χ3n) is 12.1. The lowest BCUT2D eigenvalue weighted by molar-refractivity contribution is -0.117. The number of para-hydroxylation sites is 2. The number of piperidine rings is 2. The molecule has 3 aromatic carbocycles. The number of nitrogens with zero attached hydrogens (tertiary/aromatic N) is 5. The van der Waals surface area contributed by atoms with Crippen LogP contribution in [0.15, 0.2) is 66.7 Å². The molecule has 0 unspecified atom stereocenters. The summed E-state index contributed by atoms with van der Waals surface area (Å²) < 4.78 is 10.6. The van der Waals surface area contributed by atoms with Gasteiger partial charge in [0.15, 0.2) is 5.82 Å². The zero-order chi connectivity index (χ0) is 34.8. The van der Waals surface area contributed by atoms with Crippen LogP contribution in [0.5, 0.6) is 5.75 Å². The number of fused-ring (bicyclic) bond motifs is 4. The zero-order valence-electron chi connectivity index (χ0n) is 29.6. The molecule has 2 saturated carbocycles. The van der Waals surface area contributed by atoms with Gasteiger partial charge in [-0.15, -0.1) is 0 Å². The number of nitrogens with two attached hydrogens (primary N) is 1. The Bertz CT molecular complexity index is 2130. The number of amides is 2. The van der Waals surface area contributed by atoms with Gasteiger partial charge >= 0.3 is 0 Å². The van der Waals surface area contributed by atoms with Crippen LogP contribution in [0.25, 0.3) is 33.5 Å². The number of anilines is 1. The van der Waals surface area contributed by atoms with Gasteiger partial charge in [0.05, 0.1) is 30.4 Å². The highest BCUT2D eigenvalue weighted by Gasteiger charge is 2.47. The van der Waals surface area contributed by atoms with Gasteiger partial charge in [0.25, 0.3) is 5.91 Å². The highest BCUT2D eigenvalue weighted by Crippen LogP contribution is 2.42. The Kier molecular flexibility index (Phi) is 8.11. The summed E-state index contributed by atoms with van der Waals surface area (Å²) in [4.78, 5) is 36.1. The number of carbonyl (C=O) groups excluding carboxylic acids is 2. The van der Waals surface area contributed by atoms with Crippen molar-refractivity contribution in [3.63, 3.8) is 0 Å². The number of rotatable bonds is 9. The Morgan fingerprint density at radius 1 is 0.941 bits per heavy atom. The maximum absolute atomic E-state index is 13.8. The number of aromatic nitrogens is 3. The van der Waals surface area contributed by atoms with Gasteiger partial charge in [-0.25, -0.2) is 4.98 Å². The zero-order valence-corrected chi connectivity index (χ0v) is 29.6. The molecule has 3 atom stereocenters. The molecule has 2 saturated heterocycles. The summed E-state index contributed by atoms with van der Waals surface area (Å²) in [6.07, 6.45) is 6.58. The first kappa shape index (κ1) is 32.3.